The fraction of sp³-hybridized carbons (Fsp3) is 0.0769. The summed E-state index contributed by atoms with van der Waals surface area (Å²) in [7, 11) is 0. The number of hydrogen-bond acceptors (Lipinski definition) is 3. The molecule has 19 heavy (non-hydrogen) atoms. The SMILES string of the molecule is O=C(O)c1ccc(SCc2c(F)cccc2Cl)nc1. The van der Waals surface area contributed by atoms with Crippen LogP contribution in [0.4, 0.5) is 4.39 Å². The highest BCUT2D eigenvalue weighted by Crippen LogP contribution is 2.27. The second-order valence-corrected chi connectivity index (χ2v) is 5.08. The molecule has 2 rings (SSSR count). The van der Waals surface area contributed by atoms with E-state index in [0.29, 0.717) is 21.4 Å². The van der Waals surface area contributed by atoms with Gasteiger partial charge in [-0.05, 0) is 24.3 Å². The molecule has 1 aromatic heterocycles. The Morgan fingerprint density at radius 2 is 2.16 bits per heavy atom. The number of rotatable bonds is 4. The highest BCUT2D eigenvalue weighted by molar-refractivity contribution is 7.98. The first-order chi connectivity index (χ1) is 9.08. The summed E-state index contributed by atoms with van der Waals surface area (Å²) >= 11 is 7.20. The van der Waals surface area contributed by atoms with Gasteiger partial charge in [-0.25, -0.2) is 14.2 Å². The molecule has 98 valence electrons. The maximum atomic E-state index is 13.5. The zero-order chi connectivity index (χ0) is 13.8. The standard InChI is InChI=1S/C13H9ClFNO2S/c14-10-2-1-3-11(15)9(10)7-19-12-5-4-8(6-16-12)13(17)18/h1-6H,7H2,(H,17,18). The van der Waals surface area contributed by atoms with Crippen LogP contribution in [0.25, 0.3) is 0 Å². The molecule has 1 N–H and O–H groups in total. The maximum Gasteiger partial charge on any atom is 0.337 e. The summed E-state index contributed by atoms with van der Waals surface area (Å²) in [6.07, 6.45) is 1.27. The zero-order valence-corrected chi connectivity index (χ0v) is 11.2. The van der Waals surface area contributed by atoms with Crippen LogP contribution in [0.3, 0.4) is 0 Å². The number of thioether (sulfide) groups is 1. The third-order valence-corrected chi connectivity index (χ3v) is 3.73. The van der Waals surface area contributed by atoms with Crippen LogP contribution in [0.2, 0.25) is 5.02 Å². The molecule has 0 fully saturated rings. The molecule has 0 spiro atoms. The van der Waals surface area contributed by atoms with Gasteiger partial charge in [0, 0.05) is 22.5 Å². The number of carboxylic acids is 1. The third kappa shape index (κ3) is 3.45. The number of aromatic nitrogens is 1. The first kappa shape index (κ1) is 13.8. The topological polar surface area (TPSA) is 50.2 Å². The van der Waals surface area contributed by atoms with Crippen LogP contribution in [-0.2, 0) is 5.75 Å². The van der Waals surface area contributed by atoms with Gasteiger partial charge in [0.2, 0.25) is 0 Å². The van der Waals surface area contributed by atoms with Gasteiger partial charge in [-0.1, -0.05) is 17.7 Å². The Balaban J connectivity index is 2.08. The molecule has 0 atom stereocenters. The van der Waals surface area contributed by atoms with Gasteiger partial charge < -0.3 is 5.11 Å². The Bertz CT molecular complexity index is 584. The molecule has 3 nitrogen and oxygen atoms in total. The molecule has 1 aromatic carbocycles. The van der Waals surface area contributed by atoms with Crippen LogP contribution < -0.4 is 0 Å². The lowest BCUT2D eigenvalue weighted by molar-refractivity contribution is 0.0696. The minimum atomic E-state index is -1.03. The summed E-state index contributed by atoms with van der Waals surface area (Å²) in [5.41, 5.74) is 0.534. The summed E-state index contributed by atoms with van der Waals surface area (Å²) in [5, 5.41) is 9.73. The van der Waals surface area contributed by atoms with Crippen molar-refractivity contribution in [3.05, 3.63) is 58.5 Å². The molecular weight excluding hydrogens is 289 g/mol. The molecule has 0 bridgehead atoms. The average molecular weight is 298 g/mol. The van der Waals surface area contributed by atoms with Crippen molar-refractivity contribution in [3.63, 3.8) is 0 Å². The zero-order valence-electron chi connectivity index (χ0n) is 9.64. The van der Waals surface area contributed by atoms with E-state index in [4.69, 9.17) is 16.7 Å². The van der Waals surface area contributed by atoms with Crippen LogP contribution >= 0.6 is 23.4 Å². The van der Waals surface area contributed by atoms with Gasteiger partial charge in [0.05, 0.1) is 10.6 Å². The van der Waals surface area contributed by atoms with Gasteiger partial charge in [0.1, 0.15) is 5.82 Å². The Hall–Kier alpha value is -1.59. The first-order valence-corrected chi connectivity index (χ1v) is 6.69. The molecule has 2 aromatic rings. The predicted molar refractivity (Wildman–Crippen MR) is 72.2 cm³/mol. The lowest BCUT2D eigenvalue weighted by atomic mass is 10.2. The average Bonchev–Trinajstić information content (AvgIpc) is 2.38. The van der Waals surface area contributed by atoms with Gasteiger partial charge in [0.15, 0.2) is 0 Å². The van der Waals surface area contributed by atoms with Crippen molar-refractivity contribution in [1.29, 1.82) is 0 Å². The van der Waals surface area contributed by atoms with E-state index in [1.54, 1.807) is 18.2 Å². The van der Waals surface area contributed by atoms with Crippen LogP contribution in [0.1, 0.15) is 15.9 Å². The maximum absolute atomic E-state index is 13.5. The summed E-state index contributed by atoms with van der Waals surface area (Å²) < 4.78 is 13.5. The van der Waals surface area contributed by atoms with Crippen molar-refractivity contribution in [2.45, 2.75) is 10.8 Å². The first-order valence-electron chi connectivity index (χ1n) is 5.33. The van der Waals surface area contributed by atoms with E-state index in [9.17, 15) is 9.18 Å². The van der Waals surface area contributed by atoms with E-state index in [0.717, 1.165) is 0 Å². The van der Waals surface area contributed by atoms with E-state index in [1.165, 1.54) is 30.1 Å². The Morgan fingerprint density at radius 3 is 2.74 bits per heavy atom. The predicted octanol–water partition coefficient (Wildman–Crippen LogP) is 3.86. The second kappa shape index (κ2) is 6.04. The number of benzene rings is 1. The number of halogens is 2. The molecule has 0 aliphatic carbocycles. The molecule has 0 amide bonds. The fourth-order valence-corrected chi connectivity index (χ4v) is 2.59. The number of carbonyl (C=O) groups is 1. The van der Waals surface area contributed by atoms with Crippen molar-refractivity contribution in [3.8, 4) is 0 Å². The van der Waals surface area contributed by atoms with Crippen molar-refractivity contribution in [2.75, 3.05) is 0 Å². The summed E-state index contributed by atoms with van der Waals surface area (Å²) in [5.74, 6) is -1.05. The lowest BCUT2D eigenvalue weighted by Gasteiger charge is -2.05. The lowest BCUT2D eigenvalue weighted by Crippen LogP contribution is -1.97. The van der Waals surface area contributed by atoms with E-state index in [2.05, 4.69) is 4.98 Å². The van der Waals surface area contributed by atoms with E-state index >= 15 is 0 Å². The molecular formula is C13H9ClFNO2S. The number of hydrogen-bond donors (Lipinski definition) is 1. The normalized spacial score (nSPS) is 10.4. The number of carboxylic acid groups (broad SMARTS) is 1. The van der Waals surface area contributed by atoms with Crippen LogP contribution in [0.5, 0.6) is 0 Å². The van der Waals surface area contributed by atoms with E-state index in [-0.39, 0.29) is 11.4 Å². The Labute approximate surface area is 118 Å². The molecule has 6 heteroatoms. The highest BCUT2D eigenvalue weighted by Gasteiger charge is 2.08. The molecule has 0 radical (unpaired) electrons. The summed E-state index contributed by atoms with van der Waals surface area (Å²) in [4.78, 5) is 14.7. The minimum Gasteiger partial charge on any atom is -0.478 e. The molecule has 0 aliphatic heterocycles. The number of aromatic carboxylic acids is 1. The van der Waals surface area contributed by atoms with Gasteiger partial charge in [0.25, 0.3) is 0 Å². The monoisotopic (exact) mass is 297 g/mol. The Morgan fingerprint density at radius 1 is 1.37 bits per heavy atom. The van der Waals surface area contributed by atoms with Crippen LogP contribution in [0.15, 0.2) is 41.6 Å². The summed E-state index contributed by atoms with van der Waals surface area (Å²) in [6, 6.07) is 7.57. The van der Waals surface area contributed by atoms with Crippen molar-refractivity contribution >= 4 is 29.3 Å². The second-order valence-electron chi connectivity index (χ2n) is 3.68. The fourth-order valence-electron chi connectivity index (χ4n) is 1.41. The van der Waals surface area contributed by atoms with Crippen molar-refractivity contribution in [1.82, 2.24) is 4.98 Å². The molecule has 0 aliphatic rings. The van der Waals surface area contributed by atoms with Crippen molar-refractivity contribution in [2.24, 2.45) is 0 Å². The van der Waals surface area contributed by atoms with E-state index in [1.807, 2.05) is 0 Å². The largest absolute Gasteiger partial charge is 0.478 e. The highest BCUT2D eigenvalue weighted by atomic mass is 35.5. The number of pyridine rings is 1. The quantitative estimate of drug-likeness (QED) is 0.871. The van der Waals surface area contributed by atoms with Crippen molar-refractivity contribution < 1.29 is 14.3 Å². The Kier molecular flexibility index (Phi) is 4.39. The van der Waals surface area contributed by atoms with Crippen LogP contribution in [-0.4, -0.2) is 16.1 Å². The molecule has 0 saturated heterocycles. The summed E-state index contributed by atoms with van der Waals surface area (Å²) in [6.45, 7) is 0. The molecule has 1 heterocycles. The smallest absolute Gasteiger partial charge is 0.337 e. The number of nitrogens with zero attached hydrogens (tertiary/aromatic N) is 1. The molecule has 0 unspecified atom stereocenters. The van der Waals surface area contributed by atoms with Gasteiger partial charge in [-0.3, -0.25) is 0 Å². The van der Waals surface area contributed by atoms with Gasteiger partial charge >= 0.3 is 5.97 Å². The van der Waals surface area contributed by atoms with E-state index < -0.39 is 5.97 Å². The van der Waals surface area contributed by atoms with Crippen LogP contribution in [0, 0.1) is 5.82 Å². The van der Waals surface area contributed by atoms with Gasteiger partial charge in [-0.15, -0.1) is 11.8 Å². The van der Waals surface area contributed by atoms with Gasteiger partial charge in [-0.2, -0.15) is 0 Å². The minimum absolute atomic E-state index is 0.119. The molecule has 0 saturated carbocycles. The third-order valence-electron chi connectivity index (χ3n) is 2.41.